The highest BCUT2D eigenvalue weighted by atomic mass is 16.5. The van der Waals surface area contributed by atoms with Gasteiger partial charge in [-0.1, -0.05) is 17.7 Å². The lowest BCUT2D eigenvalue weighted by molar-refractivity contribution is 0.00912. The lowest BCUT2D eigenvalue weighted by atomic mass is 9.84. The lowest BCUT2D eigenvalue weighted by Crippen LogP contribution is -2.56. The van der Waals surface area contributed by atoms with Gasteiger partial charge in [-0.05, 0) is 63.5 Å². The second-order valence-electron chi connectivity index (χ2n) is 8.63. The quantitative estimate of drug-likeness (QED) is 0.810. The molecule has 1 amide bonds. The van der Waals surface area contributed by atoms with Gasteiger partial charge in [-0.15, -0.1) is 0 Å². The van der Waals surface area contributed by atoms with Gasteiger partial charge in [-0.25, -0.2) is 0 Å². The van der Waals surface area contributed by atoms with Gasteiger partial charge in [0.15, 0.2) is 0 Å². The van der Waals surface area contributed by atoms with Crippen molar-refractivity contribution >= 4 is 5.91 Å². The summed E-state index contributed by atoms with van der Waals surface area (Å²) in [7, 11) is 1.82. The normalized spacial score (nSPS) is 25.8. The van der Waals surface area contributed by atoms with Crippen LogP contribution in [0.1, 0.15) is 54.4 Å². The number of hydrogen-bond acceptors (Lipinski definition) is 3. The van der Waals surface area contributed by atoms with Crippen LogP contribution in [0, 0.1) is 12.8 Å². The number of piperidine rings is 1. The summed E-state index contributed by atoms with van der Waals surface area (Å²) < 4.78 is 5.51. The number of ether oxygens (including phenoxy) is 1. The first-order valence-corrected chi connectivity index (χ1v) is 10.2. The molecule has 0 N–H and O–H groups in total. The smallest absolute Gasteiger partial charge is 0.253 e. The third-order valence-electron chi connectivity index (χ3n) is 6.75. The highest BCUT2D eigenvalue weighted by Gasteiger charge is 2.49. The average molecular weight is 357 g/mol. The fourth-order valence-electron chi connectivity index (χ4n) is 5.03. The molecule has 2 heterocycles. The molecule has 4 heteroatoms. The van der Waals surface area contributed by atoms with Crippen molar-refractivity contribution in [2.75, 3.05) is 33.4 Å². The zero-order valence-corrected chi connectivity index (χ0v) is 16.2. The molecule has 2 saturated heterocycles. The number of amides is 1. The molecule has 1 aromatic carbocycles. The van der Waals surface area contributed by atoms with Crippen LogP contribution < -0.4 is 0 Å². The van der Waals surface area contributed by atoms with Gasteiger partial charge in [0.2, 0.25) is 0 Å². The zero-order valence-electron chi connectivity index (χ0n) is 16.2. The van der Waals surface area contributed by atoms with Gasteiger partial charge >= 0.3 is 0 Å². The standard InChI is InChI=1S/C22H32N2O2/c1-17-4-3-5-19(14-17)21(25)23-12-10-22(11-13-23)9-8-20(16-26-2)24(22)15-18-6-7-18/h3-5,14,18,20H,6-13,15-16H2,1-2H3/t20-/m0/s1. The summed E-state index contributed by atoms with van der Waals surface area (Å²) in [6.07, 6.45) is 7.51. The summed E-state index contributed by atoms with van der Waals surface area (Å²) >= 11 is 0. The molecule has 0 bridgehead atoms. The maximum atomic E-state index is 12.9. The van der Waals surface area contributed by atoms with E-state index < -0.39 is 0 Å². The Morgan fingerprint density at radius 3 is 2.62 bits per heavy atom. The number of aryl methyl sites for hydroxylation is 1. The van der Waals surface area contributed by atoms with Crippen molar-refractivity contribution in [3.63, 3.8) is 0 Å². The summed E-state index contributed by atoms with van der Waals surface area (Å²) in [6, 6.07) is 8.56. The molecule has 4 nitrogen and oxygen atoms in total. The molecule has 26 heavy (non-hydrogen) atoms. The summed E-state index contributed by atoms with van der Waals surface area (Å²) in [5.74, 6) is 1.10. The Hall–Kier alpha value is -1.39. The van der Waals surface area contributed by atoms with Crippen LogP contribution in [0.2, 0.25) is 0 Å². The van der Waals surface area contributed by atoms with E-state index in [2.05, 4.69) is 9.80 Å². The third-order valence-corrected chi connectivity index (χ3v) is 6.75. The second kappa shape index (κ2) is 7.32. The number of nitrogens with zero attached hydrogens (tertiary/aromatic N) is 2. The molecule has 0 radical (unpaired) electrons. The van der Waals surface area contributed by atoms with Crippen LogP contribution >= 0.6 is 0 Å². The van der Waals surface area contributed by atoms with Crippen LogP contribution in [0.3, 0.4) is 0 Å². The molecular formula is C22H32N2O2. The average Bonchev–Trinajstić information content (AvgIpc) is 3.42. The molecule has 1 aromatic rings. The van der Waals surface area contributed by atoms with Gasteiger partial charge in [0, 0.05) is 43.9 Å². The van der Waals surface area contributed by atoms with Crippen molar-refractivity contribution in [3.05, 3.63) is 35.4 Å². The summed E-state index contributed by atoms with van der Waals surface area (Å²) in [4.78, 5) is 17.7. The summed E-state index contributed by atoms with van der Waals surface area (Å²) in [5.41, 5.74) is 2.28. The van der Waals surface area contributed by atoms with Crippen molar-refractivity contribution in [3.8, 4) is 0 Å². The maximum absolute atomic E-state index is 12.9. The minimum atomic E-state index is 0.198. The first-order valence-electron chi connectivity index (χ1n) is 10.2. The van der Waals surface area contributed by atoms with E-state index in [1.165, 1.54) is 32.2 Å². The Morgan fingerprint density at radius 2 is 1.96 bits per heavy atom. The van der Waals surface area contributed by atoms with E-state index in [-0.39, 0.29) is 5.91 Å². The number of methoxy groups -OCH3 is 1. The van der Waals surface area contributed by atoms with Gasteiger partial charge in [0.1, 0.15) is 0 Å². The van der Waals surface area contributed by atoms with Crippen LogP contribution in [0.15, 0.2) is 24.3 Å². The van der Waals surface area contributed by atoms with Crippen molar-refractivity contribution in [1.82, 2.24) is 9.80 Å². The maximum Gasteiger partial charge on any atom is 0.253 e. The zero-order chi connectivity index (χ0) is 18.1. The first kappa shape index (κ1) is 18.0. The molecular weight excluding hydrogens is 324 g/mol. The van der Waals surface area contributed by atoms with Crippen LogP contribution in [0.4, 0.5) is 0 Å². The molecule has 1 saturated carbocycles. The van der Waals surface area contributed by atoms with E-state index >= 15 is 0 Å². The minimum absolute atomic E-state index is 0.198. The summed E-state index contributed by atoms with van der Waals surface area (Å²) in [6.45, 7) is 5.90. The Balaban J connectivity index is 1.43. The van der Waals surface area contributed by atoms with Crippen molar-refractivity contribution in [2.45, 2.75) is 57.0 Å². The number of rotatable bonds is 5. The van der Waals surface area contributed by atoms with E-state index in [1.807, 2.05) is 38.3 Å². The van der Waals surface area contributed by atoms with Crippen molar-refractivity contribution < 1.29 is 9.53 Å². The van der Waals surface area contributed by atoms with E-state index in [9.17, 15) is 4.79 Å². The molecule has 3 fully saturated rings. The fraction of sp³-hybridized carbons (Fsp3) is 0.682. The van der Waals surface area contributed by atoms with Crippen LogP contribution in [0.5, 0.6) is 0 Å². The molecule has 0 aromatic heterocycles. The Kier molecular flexibility index (Phi) is 5.07. The number of benzene rings is 1. The number of carbonyl (C=O) groups is 1. The molecule has 0 unspecified atom stereocenters. The van der Waals surface area contributed by atoms with Crippen LogP contribution in [-0.4, -0.2) is 60.6 Å². The molecule has 1 spiro atoms. The van der Waals surface area contributed by atoms with Crippen LogP contribution in [-0.2, 0) is 4.74 Å². The monoisotopic (exact) mass is 356 g/mol. The van der Waals surface area contributed by atoms with E-state index in [0.717, 1.165) is 49.6 Å². The molecule has 2 aliphatic heterocycles. The lowest BCUT2D eigenvalue weighted by Gasteiger charge is -2.47. The first-order chi connectivity index (χ1) is 12.6. The Morgan fingerprint density at radius 1 is 1.19 bits per heavy atom. The third kappa shape index (κ3) is 3.54. The molecule has 4 rings (SSSR count). The van der Waals surface area contributed by atoms with Crippen molar-refractivity contribution in [1.29, 1.82) is 0 Å². The molecule has 1 atom stereocenters. The van der Waals surface area contributed by atoms with Gasteiger partial charge in [0.25, 0.3) is 5.91 Å². The highest BCUT2D eigenvalue weighted by Crippen LogP contribution is 2.44. The van der Waals surface area contributed by atoms with Crippen molar-refractivity contribution in [2.24, 2.45) is 5.92 Å². The largest absolute Gasteiger partial charge is 0.383 e. The molecule has 1 aliphatic carbocycles. The fourth-order valence-corrected chi connectivity index (χ4v) is 5.03. The topological polar surface area (TPSA) is 32.8 Å². The van der Waals surface area contributed by atoms with Gasteiger partial charge in [0.05, 0.1) is 6.61 Å². The number of hydrogen-bond donors (Lipinski definition) is 0. The second-order valence-corrected chi connectivity index (χ2v) is 8.63. The predicted molar refractivity (Wildman–Crippen MR) is 103 cm³/mol. The molecule has 3 aliphatic rings. The number of carbonyl (C=O) groups excluding carboxylic acids is 1. The Bertz CT molecular complexity index is 647. The van der Waals surface area contributed by atoms with Gasteiger partial charge < -0.3 is 9.64 Å². The highest BCUT2D eigenvalue weighted by molar-refractivity contribution is 5.94. The van der Waals surface area contributed by atoms with E-state index in [1.54, 1.807) is 0 Å². The summed E-state index contributed by atoms with van der Waals surface area (Å²) in [5, 5.41) is 0. The van der Waals surface area contributed by atoms with Gasteiger partial charge in [-0.3, -0.25) is 9.69 Å². The Labute approximate surface area is 157 Å². The number of likely N-dealkylation sites (tertiary alicyclic amines) is 2. The van der Waals surface area contributed by atoms with Gasteiger partial charge in [-0.2, -0.15) is 0 Å². The molecule has 142 valence electrons. The SMILES string of the molecule is COC[C@@H]1CCC2(CCN(C(=O)c3cccc(C)c3)CC2)N1CC1CC1. The van der Waals surface area contributed by atoms with E-state index in [4.69, 9.17) is 4.74 Å². The van der Waals surface area contributed by atoms with Crippen LogP contribution in [0.25, 0.3) is 0 Å². The minimum Gasteiger partial charge on any atom is -0.383 e. The predicted octanol–water partition coefficient (Wildman–Crippen LogP) is 3.49. The van der Waals surface area contributed by atoms with E-state index in [0.29, 0.717) is 11.6 Å².